The average Bonchev–Trinajstić information content (AvgIpc) is 2.01. The number of hydrogen-bond acceptors (Lipinski definition) is 3. The van der Waals surface area contributed by atoms with Crippen LogP contribution in [0.2, 0.25) is 0 Å². The second-order valence-electron chi connectivity index (χ2n) is 4.12. The zero-order valence-corrected chi connectivity index (χ0v) is 9.17. The maximum absolute atomic E-state index is 11.5. The molecule has 1 saturated heterocycles. The molecule has 1 amide bonds. The first-order valence-corrected chi connectivity index (χ1v) is 5.16. The minimum atomic E-state index is 0.118. The van der Waals surface area contributed by atoms with Crippen molar-refractivity contribution in [2.75, 3.05) is 26.7 Å². The van der Waals surface area contributed by atoms with E-state index in [1.807, 2.05) is 0 Å². The molecule has 1 rings (SSSR count). The van der Waals surface area contributed by atoms with Gasteiger partial charge in [-0.25, -0.2) is 0 Å². The second-order valence-corrected chi connectivity index (χ2v) is 4.12. The Bertz CT molecular complexity index is 191. The third kappa shape index (κ3) is 2.96. The Hall–Kier alpha value is -0.610. The lowest BCUT2D eigenvalue weighted by molar-refractivity contribution is -0.127. The zero-order valence-electron chi connectivity index (χ0n) is 9.17. The molecule has 0 aliphatic carbocycles. The first-order valence-electron chi connectivity index (χ1n) is 5.16. The summed E-state index contributed by atoms with van der Waals surface area (Å²) >= 11 is 0. The van der Waals surface area contributed by atoms with Crippen LogP contribution in [-0.4, -0.2) is 38.8 Å². The zero-order chi connectivity index (χ0) is 10.6. The standard InChI is InChI=1S/C10H20N2O2/c1-7(2)9(14-3)6-12-10(13)8-4-11-5-8/h7-9,11H,4-6H2,1-3H3,(H,12,13). The van der Waals surface area contributed by atoms with Crippen molar-refractivity contribution in [2.24, 2.45) is 11.8 Å². The predicted molar refractivity (Wildman–Crippen MR) is 55.0 cm³/mol. The topological polar surface area (TPSA) is 50.4 Å². The van der Waals surface area contributed by atoms with Gasteiger partial charge in [0.2, 0.25) is 5.91 Å². The van der Waals surface area contributed by atoms with E-state index in [-0.39, 0.29) is 17.9 Å². The molecule has 0 radical (unpaired) electrons. The van der Waals surface area contributed by atoms with E-state index in [0.717, 1.165) is 13.1 Å². The van der Waals surface area contributed by atoms with Gasteiger partial charge in [0.15, 0.2) is 0 Å². The Morgan fingerprint density at radius 1 is 1.57 bits per heavy atom. The van der Waals surface area contributed by atoms with Crippen LogP contribution >= 0.6 is 0 Å². The van der Waals surface area contributed by atoms with E-state index < -0.39 is 0 Å². The van der Waals surface area contributed by atoms with Crippen molar-refractivity contribution in [3.05, 3.63) is 0 Å². The molecule has 1 heterocycles. The largest absolute Gasteiger partial charge is 0.379 e. The van der Waals surface area contributed by atoms with Crippen molar-refractivity contribution in [2.45, 2.75) is 20.0 Å². The molecule has 1 fully saturated rings. The highest BCUT2D eigenvalue weighted by Gasteiger charge is 2.25. The number of hydrogen-bond donors (Lipinski definition) is 2. The minimum absolute atomic E-state index is 0.118. The Morgan fingerprint density at radius 2 is 2.21 bits per heavy atom. The van der Waals surface area contributed by atoms with Crippen molar-refractivity contribution < 1.29 is 9.53 Å². The van der Waals surface area contributed by atoms with Gasteiger partial charge in [-0.1, -0.05) is 13.8 Å². The van der Waals surface area contributed by atoms with Crippen molar-refractivity contribution in [3.63, 3.8) is 0 Å². The normalized spacial score (nSPS) is 19.1. The van der Waals surface area contributed by atoms with Gasteiger partial charge in [0, 0.05) is 26.7 Å². The summed E-state index contributed by atoms with van der Waals surface area (Å²) in [5, 5.41) is 5.99. The van der Waals surface area contributed by atoms with Gasteiger partial charge in [-0.3, -0.25) is 4.79 Å². The molecule has 1 atom stereocenters. The first kappa shape index (κ1) is 11.5. The molecule has 0 aromatic rings. The van der Waals surface area contributed by atoms with Gasteiger partial charge in [0.25, 0.3) is 0 Å². The van der Waals surface area contributed by atoms with Gasteiger partial charge in [-0.2, -0.15) is 0 Å². The third-order valence-corrected chi connectivity index (χ3v) is 2.68. The molecule has 1 unspecified atom stereocenters. The highest BCUT2D eigenvalue weighted by molar-refractivity contribution is 5.80. The Morgan fingerprint density at radius 3 is 2.57 bits per heavy atom. The number of carbonyl (C=O) groups is 1. The number of rotatable bonds is 5. The smallest absolute Gasteiger partial charge is 0.225 e. The summed E-state index contributed by atoms with van der Waals surface area (Å²) in [5.74, 6) is 0.742. The second kappa shape index (κ2) is 5.32. The first-order chi connectivity index (χ1) is 6.65. The highest BCUT2D eigenvalue weighted by Crippen LogP contribution is 2.06. The van der Waals surface area contributed by atoms with E-state index in [0.29, 0.717) is 12.5 Å². The van der Waals surface area contributed by atoms with Crippen LogP contribution in [0.1, 0.15) is 13.8 Å². The molecule has 0 aromatic heterocycles. The summed E-state index contributed by atoms with van der Waals surface area (Å²) in [4.78, 5) is 11.5. The summed E-state index contributed by atoms with van der Waals surface area (Å²) in [6.45, 7) is 6.41. The monoisotopic (exact) mass is 200 g/mol. The van der Waals surface area contributed by atoms with E-state index >= 15 is 0 Å². The average molecular weight is 200 g/mol. The fourth-order valence-corrected chi connectivity index (χ4v) is 1.41. The van der Waals surface area contributed by atoms with E-state index in [4.69, 9.17) is 4.74 Å². The Kier molecular flexibility index (Phi) is 4.35. The molecule has 0 spiro atoms. The van der Waals surface area contributed by atoms with Crippen LogP contribution in [0.4, 0.5) is 0 Å². The molecule has 82 valence electrons. The van der Waals surface area contributed by atoms with Crippen LogP contribution in [-0.2, 0) is 9.53 Å². The van der Waals surface area contributed by atoms with Crippen molar-refractivity contribution in [1.29, 1.82) is 0 Å². The van der Waals surface area contributed by atoms with Crippen LogP contribution in [0.25, 0.3) is 0 Å². The molecule has 4 heteroatoms. The number of nitrogens with one attached hydrogen (secondary N) is 2. The molecule has 0 bridgehead atoms. The summed E-state index contributed by atoms with van der Waals surface area (Å²) in [7, 11) is 1.68. The lowest BCUT2D eigenvalue weighted by Crippen LogP contribution is -2.52. The van der Waals surface area contributed by atoms with Crippen LogP contribution < -0.4 is 10.6 Å². The third-order valence-electron chi connectivity index (χ3n) is 2.68. The van der Waals surface area contributed by atoms with Crippen molar-refractivity contribution in [3.8, 4) is 0 Å². The van der Waals surface area contributed by atoms with Gasteiger partial charge < -0.3 is 15.4 Å². The fourth-order valence-electron chi connectivity index (χ4n) is 1.41. The molecule has 1 aliphatic rings. The maximum atomic E-state index is 11.5. The highest BCUT2D eigenvalue weighted by atomic mass is 16.5. The van der Waals surface area contributed by atoms with E-state index in [2.05, 4.69) is 24.5 Å². The SMILES string of the molecule is COC(CNC(=O)C1CNC1)C(C)C. The molecule has 0 saturated carbocycles. The van der Waals surface area contributed by atoms with Gasteiger partial charge >= 0.3 is 0 Å². The lowest BCUT2D eigenvalue weighted by atomic mass is 10.0. The fraction of sp³-hybridized carbons (Fsp3) is 0.900. The Labute approximate surface area is 85.4 Å². The quantitative estimate of drug-likeness (QED) is 0.656. The molecule has 14 heavy (non-hydrogen) atoms. The number of methoxy groups -OCH3 is 1. The molecular weight excluding hydrogens is 180 g/mol. The number of amides is 1. The van der Waals surface area contributed by atoms with Crippen LogP contribution in [0.5, 0.6) is 0 Å². The van der Waals surface area contributed by atoms with Gasteiger partial charge in [-0.15, -0.1) is 0 Å². The summed E-state index contributed by atoms with van der Waals surface area (Å²) in [6.07, 6.45) is 0.118. The van der Waals surface area contributed by atoms with E-state index in [1.54, 1.807) is 7.11 Å². The van der Waals surface area contributed by atoms with Gasteiger partial charge in [-0.05, 0) is 5.92 Å². The molecule has 4 nitrogen and oxygen atoms in total. The number of ether oxygens (including phenoxy) is 1. The van der Waals surface area contributed by atoms with E-state index in [9.17, 15) is 4.79 Å². The summed E-state index contributed by atoms with van der Waals surface area (Å²) in [6, 6.07) is 0. The molecule has 0 aromatic carbocycles. The Balaban J connectivity index is 2.20. The van der Waals surface area contributed by atoms with E-state index in [1.165, 1.54) is 0 Å². The molecule has 1 aliphatic heterocycles. The van der Waals surface area contributed by atoms with Crippen molar-refractivity contribution >= 4 is 5.91 Å². The molecule has 2 N–H and O–H groups in total. The lowest BCUT2D eigenvalue weighted by Gasteiger charge is -2.27. The van der Waals surface area contributed by atoms with Gasteiger partial charge in [0.05, 0.1) is 12.0 Å². The van der Waals surface area contributed by atoms with Crippen LogP contribution in [0, 0.1) is 11.8 Å². The van der Waals surface area contributed by atoms with Crippen molar-refractivity contribution in [1.82, 2.24) is 10.6 Å². The predicted octanol–water partition coefficient (Wildman–Crippen LogP) is -0.00700. The summed E-state index contributed by atoms with van der Waals surface area (Å²) in [5.41, 5.74) is 0. The van der Waals surface area contributed by atoms with Crippen LogP contribution in [0.3, 0.4) is 0 Å². The molecular formula is C10H20N2O2. The maximum Gasteiger partial charge on any atom is 0.225 e. The van der Waals surface area contributed by atoms with Crippen LogP contribution in [0.15, 0.2) is 0 Å². The minimum Gasteiger partial charge on any atom is -0.379 e. The summed E-state index contributed by atoms with van der Waals surface area (Å²) < 4.78 is 5.26. The van der Waals surface area contributed by atoms with Gasteiger partial charge in [0.1, 0.15) is 0 Å². The number of carbonyl (C=O) groups excluding carboxylic acids is 1.